The van der Waals surface area contributed by atoms with Crippen LogP contribution in [0.5, 0.6) is 0 Å². The Morgan fingerprint density at radius 1 is 1.39 bits per heavy atom. The standard InChI is InChI=1S/C17H22N4O2/c1-13-4-3-5-15(8-13)21-11-14(9-18-21)10-20-7-6-19(2)16(12-20)17(22)23/h3-5,8-9,11,16H,6-7,10,12H2,1-2H3,(H,22,23)/t16-/m1/s1. The van der Waals surface area contributed by atoms with E-state index in [0.29, 0.717) is 6.54 Å². The first-order chi connectivity index (χ1) is 11.0. The Morgan fingerprint density at radius 3 is 2.96 bits per heavy atom. The van der Waals surface area contributed by atoms with Crippen LogP contribution in [0.4, 0.5) is 0 Å². The third-order valence-corrected chi connectivity index (χ3v) is 4.33. The van der Waals surface area contributed by atoms with E-state index in [9.17, 15) is 9.90 Å². The Morgan fingerprint density at radius 2 is 2.22 bits per heavy atom. The molecule has 1 aromatic carbocycles. The van der Waals surface area contributed by atoms with Crippen LogP contribution in [-0.2, 0) is 11.3 Å². The SMILES string of the molecule is Cc1cccc(-n2cc(CN3CCN(C)[C@@H](C(=O)O)C3)cn2)c1. The third kappa shape index (κ3) is 3.60. The van der Waals surface area contributed by atoms with Crippen molar-refractivity contribution < 1.29 is 9.90 Å². The van der Waals surface area contributed by atoms with Crippen LogP contribution in [0.1, 0.15) is 11.1 Å². The molecule has 1 fully saturated rings. The molecule has 0 aliphatic carbocycles. The van der Waals surface area contributed by atoms with Crippen molar-refractivity contribution in [2.75, 3.05) is 26.7 Å². The van der Waals surface area contributed by atoms with Gasteiger partial charge in [0, 0.05) is 37.9 Å². The lowest BCUT2D eigenvalue weighted by Crippen LogP contribution is -2.54. The van der Waals surface area contributed by atoms with Gasteiger partial charge in [0.2, 0.25) is 0 Å². The maximum atomic E-state index is 11.3. The minimum absolute atomic E-state index is 0.435. The summed E-state index contributed by atoms with van der Waals surface area (Å²) in [5.74, 6) is -0.757. The minimum Gasteiger partial charge on any atom is -0.480 e. The van der Waals surface area contributed by atoms with Crippen LogP contribution in [0.2, 0.25) is 0 Å². The molecule has 0 radical (unpaired) electrons. The second-order valence-corrected chi connectivity index (χ2v) is 6.20. The van der Waals surface area contributed by atoms with Crippen molar-refractivity contribution in [1.82, 2.24) is 19.6 Å². The van der Waals surface area contributed by atoms with Gasteiger partial charge in [-0.3, -0.25) is 14.6 Å². The van der Waals surface area contributed by atoms with E-state index in [1.807, 2.05) is 41.2 Å². The van der Waals surface area contributed by atoms with E-state index < -0.39 is 12.0 Å². The molecule has 2 heterocycles. The molecule has 6 nitrogen and oxygen atoms in total. The lowest BCUT2D eigenvalue weighted by Gasteiger charge is -2.36. The number of likely N-dealkylation sites (N-methyl/N-ethyl adjacent to an activating group) is 1. The Kier molecular flexibility index (Phi) is 4.45. The second-order valence-electron chi connectivity index (χ2n) is 6.20. The maximum absolute atomic E-state index is 11.3. The number of benzene rings is 1. The molecule has 0 amide bonds. The maximum Gasteiger partial charge on any atom is 0.322 e. The fourth-order valence-corrected chi connectivity index (χ4v) is 2.95. The molecule has 0 saturated carbocycles. The summed E-state index contributed by atoms with van der Waals surface area (Å²) in [7, 11) is 1.87. The van der Waals surface area contributed by atoms with Gasteiger partial charge in [-0.1, -0.05) is 12.1 Å². The van der Waals surface area contributed by atoms with Crippen LogP contribution in [0.3, 0.4) is 0 Å². The highest BCUT2D eigenvalue weighted by Crippen LogP contribution is 2.14. The van der Waals surface area contributed by atoms with Gasteiger partial charge in [-0.2, -0.15) is 5.10 Å². The number of carboxylic acids is 1. The molecule has 122 valence electrons. The third-order valence-electron chi connectivity index (χ3n) is 4.33. The molecule has 6 heteroatoms. The smallest absolute Gasteiger partial charge is 0.322 e. The first kappa shape index (κ1) is 15.7. The number of aromatic nitrogens is 2. The zero-order valence-corrected chi connectivity index (χ0v) is 13.5. The van der Waals surface area contributed by atoms with E-state index >= 15 is 0 Å². The molecule has 23 heavy (non-hydrogen) atoms. The van der Waals surface area contributed by atoms with Gasteiger partial charge >= 0.3 is 5.97 Å². The van der Waals surface area contributed by atoms with E-state index in [1.165, 1.54) is 5.56 Å². The Balaban J connectivity index is 1.68. The number of aliphatic carboxylic acids is 1. The number of nitrogens with zero attached hydrogens (tertiary/aromatic N) is 4. The van der Waals surface area contributed by atoms with Gasteiger partial charge < -0.3 is 5.11 Å². The van der Waals surface area contributed by atoms with E-state index in [0.717, 1.165) is 30.9 Å². The lowest BCUT2D eigenvalue weighted by molar-refractivity contribution is -0.145. The molecule has 0 unspecified atom stereocenters. The quantitative estimate of drug-likeness (QED) is 0.924. The molecule has 2 aromatic rings. The molecule has 0 spiro atoms. The Labute approximate surface area is 135 Å². The summed E-state index contributed by atoms with van der Waals surface area (Å²) in [6.07, 6.45) is 3.87. The summed E-state index contributed by atoms with van der Waals surface area (Å²) in [4.78, 5) is 15.4. The van der Waals surface area contributed by atoms with Crippen molar-refractivity contribution >= 4 is 5.97 Å². The molecule has 1 N–H and O–H groups in total. The molecular formula is C17H22N4O2. The first-order valence-corrected chi connectivity index (χ1v) is 7.79. The first-order valence-electron chi connectivity index (χ1n) is 7.79. The number of carbonyl (C=O) groups is 1. The number of hydrogen-bond acceptors (Lipinski definition) is 4. The van der Waals surface area contributed by atoms with Crippen molar-refractivity contribution in [2.45, 2.75) is 19.5 Å². The summed E-state index contributed by atoms with van der Waals surface area (Å²) < 4.78 is 1.87. The monoisotopic (exact) mass is 314 g/mol. The summed E-state index contributed by atoms with van der Waals surface area (Å²) >= 11 is 0. The van der Waals surface area contributed by atoms with Crippen LogP contribution >= 0.6 is 0 Å². The molecular weight excluding hydrogens is 292 g/mol. The number of piperazine rings is 1. The van der Waals surface area contributed by atoms with Crippen LogP contribution in [0, 0.1) is 6.92 Å². The predicted molar refractivity (Wildman–Crippen MR) is 87.6 cm³/mol. The molecule has 1 aliphatic heterocycles. The zero-order valence-electron chi connectivity index (χ0n) is 13.5. The molecule has 1 aromatic heterocycles. The van der Waals surface area contributed by atoms with Gasteiger partial charge in [0.25, 0.3) is 0 Å². The highest BCUT2D eigenvalue weighted by molar-refractivity contribution is 5.73. The fraction of sp³-hybridized carbons (Fsp3) is 0.412. The highest BCUT2D eigenvalue weighted by atomic mass is 16.4. The largest absolute Gasteiger partial charge is 0.480 e. The van der Waals surface area contributed by atoms with Crippen molar-refractivity contribution in [3.05, 3.63) is 47.8 Å². The molecule has 1 atom stereocenters. The lowest BCUT2D eigenvalue weighted by atomic mass is 10.1. The predicted octanol–water partition coefficient (Wildman–Crippen LogP) is 1.38. The van der Waals surface area contributed by atoms with Crippen molar-refractivity contribution in [3.63, 3.8) is 0 Å². The van der Waals surface area contributed by atoms with Gasteiger partial charge in [0.15, 0.2) is 0 Å². The summed E-state index contributed by atoms with van der Waals surface area (Å²) in [6, 6.07) is 7.76. The molecule has 1 saturated heterocycles. The zero-order chi connectivity index (χ0) is 16.4. The van der Waals surface area contributed by atoms with Crippen molar-refractivity contribution in [3.8, 4) is 5.69 Å². The van der Waals surface area contributed by atoms with Crippen LogP contribution < -0.4 is 0 Å². The van der Waals surface area contributed by atoms with Crippen LogP contribution in [0.25, 0.3) is 5.69 Å². The molecule has 0 bridgehead atoms. The van der Waals surface area contributed by atoms with E-state index in [-0.39, 0.29) is 0 Å². The number of rotatable bonds is 4. The Bertz CT molecular complexity index is 697. The van der Waals surface area contributed by atoms with Gasteiger partial charge in [-0.05, 0) is 31.7 Å². The second kappa shape index (κ2) is 6.52. The van der Waals surface area contributed by atoms with E-state index in [2.05, 4.69) is 29.1 Å². The van der Waals surface area contributed by atoms with E-state index in [1.54, 1.807) is 0 Å². The summed E-state index contributed by atoms with van der Waals surface area (Å²) in [5, 5.41) is 13.7. The van der Waals surface area contributed by atoms with Gasteiger partial charge in [0.05, 0.1) is 11.9 Å². The van der Waals surface area contributed by atoms with Gasteiger partial charge in [0.1, 0.15) is 6.04 Å². The van der Waals surface area contributed by atoms with Gasteiger partial charge in [-0.15, -0.1) is 0 Å². The topological polar surface area (TPSA) is 61.6 Å². The van der Waals surface area contributed by atoms with E-state index in [4.69, 9.17) is 0 Å². The fourth-order valence-electron chi connectivity index (χ4n) is 2.95. The molecule has 1 aliphatic rings. The number of aryl methyl sites for hydroxylation is 1. The van der Waals surface area contributed by atoms with Crippen molar-refractivity contribution in [2.24, 2.45) is 0 Å². The summed E-state index contributed by atoms with van der Waals surface area (Å²) in [5.41, 5.74) is 3.33. The minimum atomic E-state index is -0.757. The van der Waals surface area contributed by atoms with Gasteiger partial charge in [-0.25, -0.2) is 4.68 Å². The number of hydrogen-bond donors (Lipinski definition) is 1. The Hall–Kier alpha value is -2.18. The highest BCUT2D eigenvalue weighted by Gasteiger charge is 2.29. The average Bonchev–Trinajstić information content (AvgIpc) is 2.97. The van der Waals surface area contributed by atoms with Crippen LogP contribution in [-0.4, -0.2) is 63.4 Å². The normalized spacial score (nSPS) is 19.8. The summed E-state index contributed by atoms with van der Waals surface area (Å²) in [6.45, 7) is 4.97. The average molecular weight is 314 g/mol. The van der Waals surface area contributed by atoms with Crippen molar-refractivity contribution in [1.29, 1.82) is 0 Å². The number of carboxylic acid groups (broad SMARTS) is 1. The van der Waals surface area contributed by atoms with Crippen LogP contribution in [0.15, 0.2) is 36.7 Å². The molecule has 3 rings (SSSR count).